The van der Waals surface area contributed by atoms with Gasteiger partial charge >= 0.3 is 11.9 Å². The lowest BCUT2D eigenvalue weighted by Crippen LogP contribution is -2.29. The molecule has 0 bridgehead atoms. The van der Waals surface area contributed by atoms with Crippen LogP contribution in [0, 0.1) is 13.8 Å². The van der Waals surface area contributed by atoms with Gasteiger partial charge in [-0.1, -0.05) is 99.4 Å². The van der Waals surface area contributed by atoms with Crippen LogP contribution in [0.15, 0.2) is 91.0 Å². The first kappa shape index (κ1) is 32.4. The summed E-state index contributed by atoms with van der Waals surface area (Å²) in [6.45, 7) is 13.7. The fourth-order valence-corrected chi connectivity index (χ4v) is 6.22. The quantitative estimate of drug-likeness (QED) is 0.0663. The molecule has 1 aliphatic heterocycles. The maximum Gasteiger partial charge on any atom is 0.350 e. The number of nitrogens with zero attached hydrogens (tertiary/aromatic N) is 2. The van der Waals surface area contributed by atoms with E-state index in [-0.39, 0.29) is 33.4 Å². The molecule has 5 rings (SSSR count). The second-order valence-corrected chi connectivity index (χ2v) is 13.1. The summed E-state index contributed by atoms with van der Waals surface area (Å²) in [4.78, 5) is 46.1. The highest BCUT2D eigenvalue weighted by molar-refractivity contribution is 7.17. The number of hydrogen-bond donors (Lipinski definition) is 1. The lowest BCUT2D eigenvalue weighted by molar-refractivity contribution is -0.132. The molecule has 8 nitrogen and oxygen atoms in total. The van der Waals surface area contributed by atoms with Crippen molar-refractivity contribution >= 4 is 39.9 Å². The van der Waals surface area contributed by atoms with E-state index in [9.17, 15) is 19.5 Å². The smallest absolute Gasteiger partial charge is 0.350 e. The summed E-state index contributed by atoms with van der Waals surface area (Å²) < 4.78 is 11.2. The minimum Gasteiger partial charge on any atom is -0.507 e. The highest BCUT2D eigenvalue weighted by Gasteiger charge is 2.48. The maximum absolute atomic E-state index is 13.7. The third-order valence-electron chi connectivity index (χ3n) is 7.73. The number of aliphatic hydroxyl groups is 1. The van der Waals surface area contributed by atoms with E-state index < -0.39 is 23.7 Å². The first-order chi connectivity index (χ1) is 21.9. The number of Topliss-reactive ketones (excluding diaryl/α,β-unsaturated/α-hetero) is 1. The van der Waals surface area contributed by atoms with E-state index in [1.807, 2.05) is 61.5 Å². The first-order valence-corrected chi connectivity index (χ1v) is 15.7. The number of carbonyl (C=O) groups is 3. The SMILES string of the molecule is C=CCOC(=O)c1sc(N2C(=O)C(=O)/C(=C(/O)c3ccc(OCc4ccccc4)c(C)c3)C2c2ccc(C(C)(C)C)cc2)nc1C. The molecular weight excluding hydrogens is 600 g/mol. The van der Waals surface area contributed by atoms with Gasteiger partial charge in [-0.3, -0.25) is 14.5 Å². The topological polar surface area (TPSA) is 106 Å². The number of ketones is 1. The molecule has 1 aliphatic rings. The van der Waals surface area contributed by atoms with Gasteiger partial charge in [0.25, 0.3) is 5.78 Å². The zero-order valence-electron chi connectivity index (χ0n) is 26.5. The molecule has 9 heteroatoms. The van der Waals surface area contributed by atoms with E-state index in [2.05, 4.69) is 32.3 Å². The van der Waals surface area contributed by atoms with Gasteiger partial charge in [-0.2, -0.15) is 0 Å². The van der Waals surface area contributed by atoms with Crippen molar-refractivity contribution < 1.29 is 29.0 Å². The van der Waals surface area contributed by atoms with E-state index >= 15 is 0 Å². The van der Waals surface area contributed by atoms with Crippen LogP contribution in [0.4, 0.5) is 5.13 Å². The summed E-state index contributed by atoms with van der Waals surface area (Å²) >= 11 is 0.957. The number of aromatic nitrogens is 1. The van der Waals surface area contributed by atoms with Crippen LogP contribution < -0.4 is 9.64 Å². The third-order valence-corrected chi connectivity index (χ3v) is 8.87. The molecule has 1 saturated heterocycles. The minimum atomic E-state index is -0.995. The van der Waals surface area contributed by atoms with Gasteiger partial charge in [-0.25, -0.2) is 9.78 Å². The van der Waals surface area contributed by atoms with Crippen LogP contribution in [0.5, 0.6) is 5.75 Å². The number of aliphatic hydroxyl groups excluding tert-OH is 1. The lowest BCUT2D eigenvalue weighted by atomic mass is 9.85. The number of anilines is 1. The van der Waals surface area contributed by atoms with Gasteiger partial charge in [0.1, 0.15) is 29.6 Å². The first-order valence-electron chi connectivity index (χ1n) is 14.8. The van der Waals surface area contributed by atoms with Crippen LogP contribution in [0.1, 0.15) is 70.0 Å². The molecule has 236 valence electrons. The Hall–Kier alpha value is -5.02. The van der Waals surface area contributed by atoms with Crippen LogP contribution in [-0.2, 0) is 26.3 Å². The Morgan fingerprint density at radius 1 is 1.04 bits per heavy atom. The third kappa shape index (κ3) is 6.50. The van der Waals surface area contributed by atoms with Crippen LogP contribution >= 0.6 is 11.3 Å². The molecule has 1 amide bonds. The Morgan fingerprint density at radius 3 is 2.37 bits per heavy atom. The van der Waals surface area contributed by atoms with Crippen LogP contribution in [0.25, 0.3) is 5.76 Å². The van der Waals surface area contributed by atoms with Crippen molar-refractivity contribution in [3.8, 4) is 5.75 Å². The van der Waals surface area contributed by atoms with E-state index in [4.69, 9.17) is 9.47 Å². The van der Waals surface area contributed by atoms with Gasteiger partial charge in [0.05, 0.1) is 17.3 Å². The van der Waals surface area contributed by atoms with Crippen LogP contribution in [-0.4, -0.2) is 34.4 Å². The van der Waals surface area contributed by atoms with Crippen molar-refractivity contribution in [2.45, 2.75) is 52.7 Å². The molecule has 4 aromatic rings. The van der Waals surface area contributed by atoms with Crippen molar-refractivity contribution in [1.29, 1.82) is 0 Å². The van der Waals surface area contributed by atoms with Crippen molar-refractivity contribution in [2.75, 3.05) is 11.5 Å². The molecule has 0 aliphatic carbocycles. The summed E-state index contributed by atoms with van der Waals surface area (Å²) in [5.41, 5.74) is 3.95. The molecule has 3 aromatic carbocycles. The molecule has 1 unspecified atom stereocenters. The Balaban J connectivity index is 1.58. The monoisotopic (exact) mass is 636 g/mol. The van der Waals surface area contributed by atoms with E-state index in [0.29, 0.717) is 29.2 Å². The molecule has 2 heterocycles. The van der Waals surface area contributed by atoms with E-state index in [1.165, 1.54) is 11.0 Å². The zero-order chi connectivity index (χ0) is 33.2. The van der Waals surface area contributed by atoms with Crippen LogP contribution in [0.2, 0.25) is 0 Å². The number of ether oxygens (including phenoxy) is 2. The Morgan fingerprint density at radius 2 is 1.74 bits per heavy atom. The summed E-state index contributed by atoms with van der Waals surface area (Å²) in [5, 5.41) is 11.8. The molecule has 0 radical (unpaired) electrons. The fraction of sp³-hybridized carbons (Fsp3) is 0.243. The molecule has 1 atom stereocenters. The molecular formula is C37H36N2O6S. The number of esters is 1. The number of thiazole rings is 1. The Kier molecular flexibility index (Phi) is 9.25. The molecule has 0 spiro atoms. The number of hydrogen-bond acceptors (Lipinski definition) is 8. The molecule has 1 N–H and O–H groups in total. The highest BCUT2D eigenvalue weighted by atomic mass is 32.1. The number of amides is 1. The van der Waals surface area contributed by atoms with Gasteiger partial charge in [0, 0.05) is 5.56 Å². The molecule has 1 fully saturated rings. The second kappa shape index (κ2) is 13.1. The number of carbonyl (C=O) groups excluding carboxylic acids is 3. The lowest BCUT2D eigenvalue weighted by Gasteiger charge is -2.25. The minimum absolute atomic E-state index is 0.0195. The number of rotatable bonds is 9. The Bertz CT molecular complexity index is 1830. The zero-order valence-corrected chi connectivity index (χ0v) is 27.3. The van der Waals surface area contributed by atoms with Gasteiger partial charge in [0.15, 0.2) is 5.13 Å². The van der Waals surface area contributed by atoms with Gasteiger partial charge in [-0.05, 0) is 59.7 Å². The summed E-state index contributed by atoms with van der Waals surface area (Å²) in [6, 6.07) is 21.5. The maximum atomic E-state index is 13.7. The summed E-state index contributed by atoms with van der Waals surface area (Å²) in [6.07, 6.45) is 1.46. The number of benzene rings is 3. The predicted octanol–water partition coefficient (Wildman–Crippen LogP) is 7.61. The standard InChI is InChI=1S/C37H36N2O6S/c1-7-19-44-35(43)33-23(3)38-36(46-33)39-30(25-13-16-27(17-14-25)37(4,5)6)29(32(41)34(39)42)31(40)26-15-18-28(22(2)20-26)45-21-24-11-9-8-10-12-24/h7-18,20,30,40H,1,19,21H2,2-6H3/b31-29+. The molecule has 0 saturated carbocycles. The summed E-state index contributed by atoms with van der Waals surface area (Å²) in [7, 11) is 0. The van der Waals surface area contributed by atoms with E-state index in [0.717, 1.165) is 28.0 Å². The largest absolute Gasteiger partial charge is 0.507 e. The molecule has 46 heavy (non-hydrogen) atoms. The molecule has 1 aromatic heterocycles. The van der Waals surface area contributed by atoms with Crippen molar-refractivity contribution in [2.24, 2.45) is 0 Å². The number of aryl methyl sites for hydroxylation is 2. The summed E-state index contributed by atoms with van der Waals surface area (Å²) in [5.74, 6) is -2.00. The van der Waals surface area contributed by atoms with Gasteiger partial charge < -0.3 is 14.6 Å². The second-order valence-electron chi connectivity index (χ2n) is 12.1. The fourth-order valence-electron chi connectivity index (χ4n) is 5.23. The Labute approximate surface area is 272 Å². The normalized spacial score (nSPS) is 16.0. The van der Waals surface area contributed by atoms with Crippen LogP contribution in [0.3, 0.4) is 0 Å². The average molecular weight is 637 g/mol. The van der Waals surface area contributed by atoms with E-state index in [1.54, 1.807) is 25.1 Å². The predicted molar refractivity (Wildman–Crippen MR) is 179 cm³/mol. The average Bonchev–Trinajstić information content (AvgIpc) is 3.55. The van der Waals surface area contributed by atoms with Crippen molar-refractivity contribution in [3.05, 3.63) is 129 Å². The van der Waals surface area contributed by atoms with Crippen molar-refractivity contribution in [3.63, 3.8) is 0 Å². The van der Waals surface area contributed by atoms with Gasteiger partial charge in [-0.15, -0.1) is 0 Å². The highest BCUT2D eigenvalue weighted by Crippen LogP contribution is 2.44. The van der Waals surface area contributed by atoms with Gasteiger partial charge in [0.2, 0.25) is 0 Å². The van der Waals surface area contributed by atoms with Crippen molar-refractivity contribution in [1.82, 2.24) is 4.98 Å².